The summed E-state index contributed by atoms with van der Waals surface area (Å²) in [7, 11) is 0. The molecule has 2 rings (SSSR count). The molecule has 5 nitrogen and oxygen atoms in total. The number of aliphatic hydroxyl groups is 1. The molecule has 1 aromatic carbocycles. The molecule has 0 aliphatic rings. The topological polar surface area (TPSA) is 78.0 Å². The van der Waals surface area contributed by atoms with Crippen molar-refractivity contribution in [2.24, 2.45) is 5.92 Å². The molecule has 0 spiro atoms. The van der Waals surface area contributed by atoms with Gasteiger partial charge in [-0.1, -0.05) is 30.7 Å². The Bertz CT molecular complexity index is 580. The molecule has 0 saturated heterocycles. The first-order chi connectivity index (χ1) is 9.60. The third-order valence-corrected chi connectivity index (χ3v) is 3.14. The number of aromatic amines is 1. The van der Waals surface area contributed by atoms with Crippen LogP contribution in [0.2, 0.25) is 5.02 Å². The number of rotatable bonds is 5. The van der Waals surface area contributed by atoms with E-state index in [1.54, 1.807) is 18.2 Å². The van der Waals surface area contributed by atoms with Gasteiger partial charge in [0.15, 0.2) is 0 Å². The fraction of sp³-hybridized carbons (Fsp3) is 0.286. The predicted molar refractivity (Wildman–Crippen MR) is 77.6 cm³/mol. The van der Waals surface area contributed by atoms with Crippen LogP contribution < -0.4 is 5.32 Å². The third kappa shape index (κ3) is 3.59. The van der Waals surface area contributed by atoms with Crippen LogP contribution in [0.3, 0.4) is 0 Å². The number of hydrogen-bond donors (Lipinski definition) is 3. The number of aromatic nitrogens is 2. The highest BCUT2D eigenvalue weighted by Crippen LogP contribution is 2.20. The average Bonchev–Trinajstić information content (AvgIpc) is 2.95. The minimum absolute atomic E-state index is 0.0256. The highest BCUT2D eigenvalue weighted by molar-refractivity contribution is 6.30. The van der Waals surface area contributed by atoms with Crippen LogP contribution in [0.15, 0.2) is 30.3 Å². The number of carbonyl (C=O) groups excluding carboxylic acids is 1. The lowest BCUT2D eigenvalue weighted by Crippen LogP contribution is -2.29. The van der Waals surface area contributed by atoms with Crippen molar-refractivity contribution in [3.63, 3.8) is 0 Å². The zero-order valence-electron chi connectivity index (χ0n) is 11.1. The Balaban J connectivity index is 2.05. The number of hydrogen-bond acceptors (Lipinski definition) is 3. The number of nitrogens with zero attached hydrogens (tertiary/aromatic N) is 1. The van der Waals surface area contributed by atoms with Gasteiger partial charge < -0.3 is 10.4 Å². The lowest BCUT2D eigenvalue weighted by molar-refractivity contribution is 0.0937. The SMILES string of the molecule is CC(CO)CNC(=O)c1cc(-c2ccc(Cl)cc2)n[nH]1. The molecule has 0 saturated carbocycles. The molecule has 1 unspecified atom stereocenters. The number of amides is 1. The predicted octanol–water partition coefficient (Wildman–Crippen LogP) is 2.09. The van der Waals surface area contributed by atoms with Gasteiger partial charge in [0.2, 0.25) is 0 Å². The number of aliphatic hydroxyl groups excluding tert-OH is 1. The van der Waals surface area contributed by atoms with E-state index in [4.69, 9.17) is 16.7 Å². The summed E-state index contributed by atoms with van der Waals surface area (Å²) in [6, 6.07) is 8.91. The van der Waals surface area contributed by atoms with Crippen molar-refractivity contribution in [3.05, 3.63) is 41.0 Å². The summed E-state index contributed by atoms with van der Waals surface area (Å²) in [6.45, 7) is 2.32. The van der Waals surface area contributed by atoms with Crippen molar-refractivity contribution in [1.29, 1.82) is 0 Å². The smallest absolute Gasteiger partial charge is 0.269 e. The van der Waals surface area contributed by atoms with Gasteiger partial charge >= 0.3 is 0 Å². The van der Waals surface area contributed by atoms with Gasteiger partial charge in [0.05, 0.1) is 5.69 Å². The Morgan fingerprint density at radius 1 is 1.45 bits per heavy atom. The Hall–Kier alpha value is -1.85. The molecule has 0 bridgehead atoms. The number of benzene rings is 1. The van der Waals surface area contributed by atoms with E-state index in [9.17, 15) is 4.79 Å². The number of H-pyrrole nitrogens is 1. The first-order valence-corrected chi connectivity index (χ1v) is 6.68. The van der Waals surface area contributed by atoms with Crippen LogP contribution in [0, 0.1) is 5.92 Å². The van der Waals surface area contributed by atoms with Crippen LogP contribution in [0.25, 0.3) is 11.3 Å². The molecule has 1 aromatic heterocycles. The number of nitrogens with one attached hydrogen (secondary N) is 2. The van der Waals surface area contributed by atoms with E-state index < -0.39 is 0 Å². The summed E-state index contributed by atoms with van der Waals surface area (Å²) in [5.41, 5.74) is 1.95. The summed E-state index contributed by atoms with van der Waals surface area (Å²) in [5, 5.41) is 19.1. The summed E-state index contributed by atoms with van der Waals surface area (Å²) in [6.07, 6.45) is 0. The van der Waals surface area contributed by atoms with Crippen LogP contribution >= 0.6 is 11.6 Å². The summed E-state index contributed by atoms with van der Waals surface area (Å²) < 4.78 is 0. The highest BCUT2D eigenvalue weighted by Gasteiger charge is 2.11. The van der Waals surface area contributed by atoms with E-state index in [0.29, 0.717) is 23.0 Å². The minimum Gasteiger partial charge on any atom is -0.396 e. The molecule has 106 valence electrons. The molecule has 1 atom stereocenters. The molecule has 0 fully saturated rings. The standard InChI is InChI=1S/C14H16ClN3O2/c1-9(8-19)7-16-14(20)13-6-12(17-18-13)10-2-4-11(15)5-3-10/h2-6,9,19H,7-8H2,1H3,(H,16,20)(H,17,18). The second kappa shape index (κ2) is 6.54. The largest absolute Gasteiger partial charge is 0.396 e. The Morgan fingerprint density at radius 3 is 2.80 bits per heavy atom. The maximum atomic E-state index is 11.9. The molecule has 20 heavy (non-hydrogen) atoms. The molecule has 2 aromatic rings. The van der Waals surface area contributed by atoms with Gasteiger partial charge in [0, 0.05) is 23.7 Å². The molecule has 1 amide bonds. The monoisotopic (exact) mass is 293 g/mol. The average molecular weight is 294 g/mol. The summed E-state index contributed by atoms with van der Waals surface area (Å²) >= 11 is 5.83. The van der Waals surface area contributed by atoms with E-state index in [1.807, 2.05) is 19.1 Å². The maximum Gasteiger partial charge on any atom is 0.269 e. The van der Waals surface area contributed by atoms with Gasteiger partial charge in [-0.25, -0.2) is 0 Å². The normalized spacial score (nSPS) is 12.2. The lowest BCUT2D eigenvalue weighted by Gasteiger charge is -2.08. The van der Waals surface area contributed by atoms with Crippen molar-refractivity contribution in [3.8, 4) is 11.3 Å². The fourth-order valence-electron chi connectivity index (χ4n) is 1.63. The Kier molecular flexibility index (Phi) is 4.76. The van der Waals surface area contributed by atoms with Gasteiger partial charge in [-0.2, -0.15) is 5.10 Å². The minimum atomic E-state index is -0.238. The number of carbonyl (C=O) groups is 1. The van der Waals surface area contributed by atoms with Crippen LogP contribution in [0.1, 0.15) is 17.4 Å². The van der Waals surface area contributed by atoms with E-state index in [2.05, 4.69) is 15.5 Å². The van der Waals surface area contributed by atoms with Gasteiger partial charge in [-0.15, -0.1) is 0 Å². The van der Waals surface area contributed by atoms with Crippen molar-refractivity contribution >= 4 is 17.5 Å². The molecule has 3 N–H and O–H groups in total. The first-order valence-electron chi connectivity index (χ1n) is 6.30. The van der Waals surface area contributed by atoms with Crippen LogP contribution in [-0.2, 0) is 0 Å². The summed E-state index contributed by atoms with van der Waals surface area (Å²) in [4.78, 5) is 11.9. The van der Waals surface area contributed by atoms with Crippen molar-refractivity contribution in [2.75, 3.05) is 13.2 Å². The molecule has 0 aliphatic heterocycles. The molecule has 1 heterocycles. The third-order valence-electron chi connectivity index (χ3n) is 2.89. The fourth-order valence-corrected chi connectivity index (χ4v) is 1.76. The van der Waals surface area contributed by atoms with E-state index in [0.717, 1.165) is 5.56 Å². The zero-order chi connectivity index (χ0) is 14.5. The lowest BCUT2D eigenvalue weighted by atomic mass is 10.1. The van der Waals surface area contributed by atoms with Crippen molar-refractivity contribution in [1.82, 2.24) is 15.5 Å². The van der Waals surface area contributed by atoms with Crippen LogP contribution in [0.4, 0.5) is 0 Å². The quantitative estimate of drug-likeness (QED) is 0.790. The molecular formula is C14H16ClN3O2. The highest BCUT2D eigenvalue weighted by atomic mass is 35.5. The number of halogens is 1. The molecule has 6 heteroatoms. The van der Waals surface area contributed by atoms with Crippen LogP contribution in [0.5, 0.6) is 0 Å². The van der Waals surface area contributed by atoms with E-state index >= 15 is 0 Å². The molecular weight excluding hydrogens is 278 g/mol. The zero-order valence-corrected chi connectivity index (χ0v) is 11.8. The van der Waals surface area contributed by atoms with Gasteiger partial charge in [0.25, 0.3) is 5.91 Å². The second-order valence-electron chi connectivity index (χ2n) is 4.67. The van der Waals surface area contributed by atoms with Gasteiger partial charge in [-0.3, -0.25) is 9.89 Å². The van der Waals surface area contributed by atoms with Crippen molar-refractivity contribution in [2.45, 2.75) is 6.92 Å². The van der Waals surface area contributed by atoms with Gasteiger partial charge in [-0.05, 0) is 24.1 Å². The Labute approximate surface area is 122 Å². The molecule has 0 radical (unpaired) electrons. The first kappa shape index (κ1) is 14.6. The van der Waals surface area contributed by atoms with Crippen LogP contribution in [-0.4, -0.2) is 34.4 Å². The molecule has 0 aliphatic carbocycles. The Morgan fingerprint density at radius 2 is 2.15 bits per heavy atom. The van der Waals surface area contributed by atoms with E-state index in [1.165, 1.54) is 0 Å². The summed E-state index contributed by atoms with van der Waals surface area (Å²) in [5.74, 6) is -0.212. The second-order valence-corrected chi connectivity index (χ2v) is 5.11. The van der Waals surface area contributed by atoms with Gasteiger partial charge in [0.1, 0.15) is 5.69 Å². The van der Waals surface area contributed by atoms with E-state index in [-0.39, 0.29) is 18.4 Å². The maximum absolute atomic E-state index is 11.9. The van der Waals surface area contributed by atoms with Crippen molar-refractivity contribution < 1.29 is 9.90 Å².